The number of nitrogens with one attached hydrogen (secondary N) is 1. The quantitative estimate of drug-likeness (QED) is 0.614. The molecular weight excluding hydrogens is 262 g/mol. The van der Waals surface area contributed by atoms with Gasteiger partial charge in [-0.2, -0.15) is 0 Å². The Bertz CT molecular complexity index is 471. The number of aliphatic hydroxyl groups excluding tert-OH is 1. The maximum Gasteiger partial charge on any atom is 0.261 e. The molecule has 0 aliphatic heterocycles. The summed E-state index contributed by atoms with van der Waals surface area (Å²) in [5.74, 6) is 5.35. The van der Waals surface area contributed by atoms with Crippen LogP contribution >= 0.6 is 11.3 Å². The van der Waals surface area contributed by atoms with Gasteiger partial charge >= 0.3 is 0 Å². The summed E-state index contributed by atoms with van der Waals surface area (Å²) in [4.78, 5) is 13.4. The zero-order valence-corrected chi connectivity index (χ0v) is 12.1. The van der Waals surface area contributed by atoms with E-state index >= 15 is 0 Å². The summed E-state index contributed by atoms with van der Waals surface area (Å²) in [5, 5.41) is 11.5. The van der Waals surface area contributed by atoms with Crippen molar-refractivity contribution < 1.29 is 14.6 Å². The summed E-state index contributed by atoms with van der Waals surface area (Å²) in [6.45, 7) is 5.65. The van der Waals surface area contributed by atoms with Gasteiger partial charge in [0, 0.05) is 19.8 Å². The smallest absolute Gasteiger partial charge is 0.261 e. The molecule has 0 aromatic carbocycles. The van der Waals surface area contributed by atoms with E-state index in [9.17, 15) is 4.79 Å². The minimum atomic E-state index is -0.170. The van der Waals surface area contributed by atoms with Gasteiger partial charge in [-0.15, -0.1) is 11.3 Å². The van der Waals surface area contributed by atoms with Crippen LogP contribution in [0.25, 0.3) is 0 Å². The maximum atomic E-state index is 11.9. The molecule has 0 radical (unpaired) electrons. The molecule has 104 valence electrons. The van der Waals surface area contributed by atoms with E-state index in [0.29, 0.717) is 24.6 Å². The molecule has 0 saturated carbocycles. The van der Waals surface area contributed by atoms with Crippen molar-refractivity contribution in [1.29, 1.82) is 0 Å². The van der Waals surface area contributed by atoms with Crippen molar-refractivity contribution in [2.45, 2.75) is 20.3 Å². The van der Waals surface area contributed by atoms with Crippen molar-refractivity contribution in [3.63, 3.8) is 0 Å². The van der Waals surface area contributed by atoms with E-state index in [1.165, 1.54) is 11.3 Å². The molecule has 1 aromatic heterocycles. The zero-order valence-electron chi connectivity index (χ0n) is 11.3. The highest BCUT2D eigenvalue weighted by Gasteiger charge is 2.10. The van der Waals surface area contributed by atoms with E-state index in [-0.39, 0.29) is 12.5 Å². The lowest BCUT2D eigenvalue weighted by molar-refractivity contribution is 0.0948. The van der Waals surface area contributed by atoms with Crippen LogP contribution in [-0.2, 0) is 4.74 Å². The monoisotopic (exact) mass is 281 g/mol. The van der Waals surface area contributed by atoms with Crippen molar-refractivity contribution >= 4 is 17.2 Å². The topological polar surface area (TPSA) is 58.6 Å². The summed E-state index contributed by atoms with van der Waals surface area (Å²) in [7, 11) is 0. The third-order valence-electron chi connectivity index (χ3n) is 2.38. The predicted molar refractivity (Wildman–Crippen MR) is 76.5 cm³/mol. The van der Waals surface area contributed by atoms with E-state index in [2.05, 4.69) is 17.2 Å². The van der Waals surface area contributed by atoms with Crippen LogP contribution in [0, 0.1) is 18.8 Å². The summed E-state index contributed by atoms with van der Waals surface area (Å²) in [5.41, 5.74) is 0.963. The second-order valence-electron chi connectivity index (χ2n) is 3.89. The van der Waals surface area contributed by atoms with Gasteiger partial charge in [-0.05, 0) is 31.9 Å². The molecule has 0 atom stereocenters. The van der Waals surface area contributed by atoms with Crippen LogP contribution in [-0.4, -0.2) is 37.4 Å². The Morgan fingerprint density at radius 2 is 2.37 bits per heavy atom. The molecule has 0 fully saturated rings. The minimum Gasteiger partial charge on any atom is -0.384 e. The van der Waals surface area contributed by atoms with E-state index < -0.39 is 0 Å². The summed E-state index contributed by atoms with van der Waals surface area (Å²) in [6.07, 6.45) is 0.807. The van der Waals surface area contributed by atoms with Crippen molar-refractivity contribution in [2.24, 2.45) is 0 Å². The Morgan fingerprint density at radius 1 is 1.58 bits per heavy atom. The van der Waals surface area contributed by atoms with Crippen LogP contribution < -0.4 is 5.32 Å². The van der Waals surface area contributed by atoms with Gasteiger partial charge in [-0.3, -0.25) is 4.79 Å². The van der Waals surface area contributed by atoms with Crippen LogP contribution in [0.5, 0.6) is 0 Å². The largest absolute Gasteiger partial charge is 0.384 e. The molecule has 0 aliphatic rings. The second-order valence-corrected chi connectivity index (χ2v) is 4.94. The van der Waals surface area contributed by atoms with Crippen LogP contribution in [0.2, 0.25) is 0 Å². The molecule has 0 bridgehead atoms. The number of aryl methyl sites for hydroxylation is 1. The first kappa shape index (κ1) is 15.7. The van der Waals surface area contributed by atoms with E-state index in [4.69, 9.17) is 9.84 Å². The molecule has 0 aliphatic carbocycles. The van der Waals surface area contributed by atoms with E-state index in [1.54, 1.807) is 0 Å². The number of rotatable bonds is 6. The Labute approximate surface area is 117 Å². The molecule has 0 unspecified atom stereocenters. The Kier molecular flexibility index (Phi) is 7.19. The molecule has 0 spiro atoms. The lowest BCUT2D eigenvalue weighted by Gasteiger charge is -2.03. The molecule has 2 N–H and O–H groups in total. The normalized spacial score (nSPS) is 9.84. The third-order valence-corrected chi connectivity index (χ3v) is 3.53. The van der Waals surface area contributed by atoms with Crippen molar-refractivity contribution in [2.75, 3.05) is 26.4 Å². The van der Waals surface area contributed by atoms with Gasteiger partial charge < -0.3 is 15.2 Å². The molecular formula is C14H19NO3S. The van der Waals surface area contributed by atoms with Crippen LogP contribution in [0.3, 0.4) is 0 Å². The molecule has 1 heterocycles. The standard InChI is InChI=1S/C14H19NO3S/c1-3-18-9-5-7-15-14(17)13-10-11(2)12(19-13)6-4-8-16/h10,16H,3,5,7-9H2,1-2H3,(H,15,17). The highest BCUT2D eigenvalue weighted by atomic mass is 32.1. The summed E-state index contributed by atoms with van der Waals surface area (Å²) >= 11 is 1.35. The van der Waals surface area contributed by atoms with Crippen molar-refractivity contribution in [1.82, 2.24) is 5.32 Å². The lowest BCUT2D eigenvalue weighted by Crippen LogP contribution is -2.24. The van der Waals surface area contributed by atoms with Gasteiger partial charge in [0.1, 0.15) is 6.61 Å². The highest BCUT2D eigenvalue weighted by molar-refractivity contribution is 7.14. The van der Waals surface area contributed by atoms with Crippen LogP contribution in [0.15, 0.2) is 6.07 Å². The first-order chi connectivity index (χ1) is 9.19. The third kappa shape index (κ3) is 5.43. The highest BCUT2D eigenvalue weighted by Crippen LogP contribution is 2.20. The molecule has 4 nitrogen and oxygen atoms in total. The van der Waals surface area contributed by atoms with Crippen molar-refractivity contribution in [3.05, 3.63) is 21.4 Å². The van der Waals surface area contributed by atoms with Gasteiger partial charge in [0.2, 0.25) is 0 Å². The fraction of sp³-hybridized carbons (Fsp3) is 0.500. The second kappa shape index (κ2) is 8.70. The molecule has 1 amide bonds. The maximum absolute atomic E-state index is 11.9. The number of aliphatic hydroxyl groups is 1. The first-order valence-electron chi connectivity index (χ1n) is 6.25. The fourth-order valence-corrected chi connectivity index (χ4v) is 2.41. The molecule has 5 heteroatoms. The van der Waals surface area contributed by atoms with Crippen molar-refractivity contribution in [3.8, 4) is 11.8 Å². The molecule has 19 heavy (non-hydrogen) atoms. The van der Waals surface area contributed by atoms with Gasteiger partial charge in [0.05, 0.1) is 9.75 Å². The Morgan fingerprint density at radius 3 is 3.05 bits per heavy atom. The first-order valence-corrected chi connectivity index (χ1v) is 7.06. The molecule has 0 saturated heterocycles. The predicted octanol–water partition coefficient (Wildman–Crippen LogP) is 1.56. The fourth-order valence-electron chi connectivity index (χ4n) is 1.45. The minimum absolute atomic E-state index is 0.0818. The van der Waals surface area contributed by atoms with Crippen LogP contribution in [0.4, 0.5) is 0 Å². The average Bonchev–Trinajstić information content (AvgIpc) is 2.77. The zero-order chi connectivity index (χ0) is 14.1. The number of carbonyl (C=O) groups excluding carboxylic acids is 1. The molecule has 1 aromatic rings. The summed E-state index contributed by atoms with van der Waals surface area (Å²) in [6, 6.07) is 1.82. The number of carbonyl (C=O) groups is 1. The lowest BCUT2D eigenvalue weighted by atomic mass is 10.2. The number of thiophene rings is 1. The average molecular weight is 281 g/mol. The Hall–Kier alpha value is -1.35. The van der Waals surface area contributed by atoms with Gasteiger partial charge in [0.25, 0.3) is 5.91 Å². The number of hydrogen-bond donors (Lipinski definition) is 2. The number of ether oxygens (including phenoxy) is 1. The van der Waals surface area contributed by atoms with Gasteiger partial charge in [0.15, 0.2) is 0 Å². The number of amides is 1. The van der Waals surface area contributed by atoms with Crippen LogP contribution in [0.1, 0.15) is 33.5 Å². The number of hydrogen-bond acceptors (Lipinski definition) is 4. The summed E-state index contributed by atoms with van der Waals surface area (Å²) < 4.78 is 5.20. The van der Waals surface area contributed by atoms with Gasteiger partial charge in [-0.25, -0.2) is 0 Å². The Balaban J connectivity index is 2.48. The molecule has 1 rings (SSSR count). The van der Waals surface area contributed by atoms with E-state index in [0.717, 1.165) is 16.9 Å². The SMILES string of the molecule is CCOCCCNC(=O)c1cc(C)c(C#CCO)s1. The van der Waals surface area contributed by atoms with E-state index in [1.807, 2.05) is 19.9 Å². The van der Waals surface area contributed by atoms with Gasteiger partial charge in [-0.1, -0.05) is 11.8 Å².